The molecule has 1 heterocycles. The number of carbonyl (C=O) groups is 2. The SMILES string of the molecule is COC(C)=O.Cc1[nH]c2ccc(F)cc2c1Oc1ccc(C(=O)NCCNC(O)OC(C)(C)C)cc1. The third kappa shape index (κ3) is 9.29. The molecule has 1 amide bonds. The normalized spacial score (nSPS) is 11.9. The minimum absolute atomic E-state index is 0.245. The largest absolute Gasteiger partial charge is 0.469 e. The lowest BCUT2D eigenvalue weighted by molar-refractivity contribution is -0.180. The molecule has 0 aliphatic carbocycles. The summed E-state index contributed by atoms with van der Waals surface area (Å²) in [4.78, 5) is 25.0. The van der Waals surface area contributed by atoms with Gasteiger partial charge in [0.1, 0.15) is 11.6 Å². The fraction of sp³-hybridized carbons (Fsp3) is 0.385. The third-order valence-corrected chi connectivity index (χ3v) is 4.71. The summed E-state index contributed by atoms with van der Waals surface area (Å²) in [5.74, 6) is 0.257. The van der Waals surface area contributed by atoms with Crippen molar-refractivity contribution in [2.24, 2.45) is 0 Å². The summed E-state index contributed by atoms with van der Waals surface area (Å²) < 4.78 is 29.0. The van der Waals surface area contributed by atoms with E-state index in [9.17, 15) is 19.1 Å². The van der Waals surface area contributed by atoms with Gasteiger partial charge >= 0.3 is 5.97 Å². The first kappa shape index (κ1) is 28.8. The van der Waals surface area contributed by atoms with Crippen molar-refractivity contribution in [2.45, 2.75) is 46.6 Å². The Kier molecular flexibility index (Phi) is 10.4. The maximum atomic E-state index is 13.6. The predicted molar refractivity (Wildman–Crippen MR) is 134 cm³/mol. The van der Waals surface area contributed by atoms with Crippen LogP contribution in [0, 0.1) is 12.7 Å². The van der Waals surface area contributed by atoms with Crippen LogP contribution in [0.25, 0.3) is 10.9 Å². The number of benzene rings is 2. The van der Waals surface area contributed by atoms with Gasteiger partial charge in [0.2, 0.25) is 6.41 Å². The van der Waals surface area contributed by atoms with Gasteiger partial charge in [-0.1, -0.05) is 0 Å². The van der Waals surface area contributed by atoms with Gasteiger partial charge in [-0.05, 0) is 70.2 Å². The summed E-state index contributed by atoms with van der Waals surface area (Å²) in [6, 6.07) is 11.2. The molecule has 1 aromatic heterocycles. The van der Waals surface area contributed by atoms with Gasteiger partial charge in [-0.3, -0.25) is 14.9 Å². The number of carbonyl (C=O) groups excluding carboxylic acids is 2. The standard InChI is InChI=1S/C23H28FN3O4.C3H6O2/c1-14-20(18-13-16(24)7-10-19(18)27-14)30-17-8-5-15(6-9-17)21(28)25-11-12-26-22(29)31-23(2,3)4;1-3(4)5-2/h5-10,13,22,26-27,29H,11-12H2,1-4H3,(H,25,28);1-2H3. The maximum Gasteiger partial charge on any atom is 0.302 e. The number of hydrogen-bond acceptors (Lipinski definition) is 7. The number of amides is 1. The van der Waals surface area contributed by atoms with Crippen LogP contribution in [0.5, 0.6) is 11.5 Å². The van der Waals surface area contributed by atoms with E-state index in [4.69, 9.17) is 9.47 Å². The van der Waals surface area contributed by atoms with Crippen molar-refractivity contribution >= 4 is 22.8 Å². The first-order valence-corrected chi connectivity index (χ1v) is 11.4. The van der Waals surface area contributed by atoms with E-state index < -0.39 is 12.0 Å². The fourth-order valence-corrected chi connectivity index (χ4v) is 3.05. The van der Waals surface area contributed by atoms with Crippen LogP contribution in [0.4, 0.5) is 4.39 Å². The number of hydrogen-bond donors (Lipinski definition) is 4. The Balaban J connectivity index is 0.000000830. The number of H-pyrrole nitrogens is 1. The molecule has 196 valence electrons. The number of rotatable bonds is 8. The zero-order valence-electron chi connectivity index (χ0n) is 21.4. The number of methoxy groups -OCH3 is 1. The number of halogens is 1. The highest BCUT2D eigenvalue weighted by molar-refractivity contribution is 5.94. The fourth-order valence-electron chi connectivity index (χ4n) is 3.05. The van der Waals surface area contributed by atoms with Gasteiger partial charge in [0.15, 0.2) is 5.75 Å². The summed E-state index contributed by atoms with van der Waals surface area (Å²) in [6.45, 7) is 9.40. The smallest absolute Gasteiger partial charge is 0.302 e. The molecule has 9 nitrogen and oxygen atoms in total. The summed E-state index contributed by atoms with van der Waals surface area (Å²) in [7, 11) is 1.35. The highest BCUT2D eigenvalue weighted by Gasteiger charge is 2.16. The zero-order chi connectivity index (χ0) is 26.9. The number of esters is 1. The lowest BCUT2D eigenvalue weighted by atomic mass is 10.2. The molecule has 0 bridgehead atoms. The molecule has 2 aromatic carbocycles. The topological polar surface area (TPSA) is 122 Å². The van der Waals surface area contributed by atoms with Crippen LogP contribution in [0.1, 0.15) is 43.7 Å². The van der Waals surface area contributed by atoms with Crippen molar-refractivity contribution in [3.05, 3.63) is 59.5 Å². The second-order valence-corrected chi connectivity index (χ2v) is 8.88. The van der Waals surface area contributed by atoms with E-state index in [0.717, 1.165) is 11.2 Å². The Hall–Kier alpha value is -3.47. The number of nitrogens with one attached hydrogen (secondary N) is 3. The number of ether oxygens (including phenoxy) is 3. The Bertz CT molecular complexity index is 1150. The molecule has 0 radical (unpaired) electrons. The van der Waals surface area contributed by atoms with Crippen molar-refractivity contribution in [3.8, 4) is 11.5 Å². The van der Waals surface area contributed by atoms with Gasteiger partial charge in [-0.15, -0.1) is 0 Å². The number of aromatic nitrogens is 1. The highest BCUT2D eigenvalue weighted by atomic mass is 19.1. The van der Waals surface area contributed by atoms with E-state index in [1.807, 2.05) is 27.7 Å². The van der Waals surface area contributed by atoms with E-state index in [2.05, 4.69) is 20.4 Å². The number of aromatic amines is 1. The molecule has 1 unspecified atom stereocenters. The lowest BCUT2D eigenvalue weighted by Crippen LogP contribution is -2.41. The van der Waals surface area contributed by atoms with Gasteiger partial charge in [0, 0.05) is 36.5 Å². The van der Waals surface area contributed by atoms with Crippen molar-refractivity contribution in [1.82, 2.24) is 15.6 Å². The molecular formula is C26H34FN3O6. The Morgan fingerprint density at radius 1 is 1.11 bits per heavy atom. The molecule has 1 atom stereocenters. The average Bonchev–Trinajstić information content (AvgIpc) is 3.10. The molecule has 0 saturated carbocycles. The molecule has 3 aromatic rings. The van der Waals surface area contributed by atoms with Gasteiger partial charge in [-0.2, -0.15) is 0 Å². The van der Waals surface area contributed by atoms with Crippen LogP contribution in [-0.2, 0) is 14.3 Å². The highest BCUT2D eigenvalue weighted by Crippen LogP contribution is 2.34. The third-order valence-electron chi connectivity index (χ3n) is 4.71. The number of aryl methyl sites for hydroxylation is 1. The summed E-state index contributed by atoms with van der Waals surface area (Å²) in [5, 5.41) is 15.9. The minimum atomic E-state index is -1.10. The van der Waals surface area contributed by atoms with E-state index in [1.165, 1.54) is 26.2 Å². The van der Waals surface area contributed by atoms with Crippen LogP contribution in [-0.4, -0.2) is 54.2 Å². The van der Waals surface area contributed by atoms with Crippen molar-refractivity contribution < 1.29 is 33.3 Å². The molecule has 36 heavy (non-hydrogen) atoms. The van der Waals surface area contributed by atoms with Crippen LogP contribution >= 0.6 is 0 Å². The van der Waals surface area contributed by atoms with Gasteiger partial charge in [0.25, 0.3) is 5.91 Å². The second kappa shape index (κ2) is 13.0. The van der Waals surface area contributed by atoms with Crippen molar-refractivity contribution in [3.63, 3.8) is 0 Å². The quantitative estimate of drug-likeness (QED) is 0.208. The molecule has 0 fully saturated rings. The molecule has 10 heteroatoms. The molecule has 0 saturated heterocycles. The minimum Gasteiger partial charge on any atom is -0.469 e. The molecule has 3 rings (SSSR count). The Morgan fingerprint density at radius 2 is 1.75 bits per heavy atom. The molecule has 0 aliphatic heterocycles. The Morgan fingerprint density at radius 3 is 2.33 bits per heavy atom. The first-order valence-electron chi connectivity index (χ1n) is 11.4. The van der Waals surface area contributed by atoms with Crippen molar-refractivity contribution in [1.29, 1.82) is 0 Å². The Labute approximate surface area is 209 Å². The van der Waals surface area contributed by atoms with E-state index >= 15 is 0 Å². The monoisotopic (exact) mass is 503 g/mol. The average molecular weight is 504 g/mol. The summed E-state index contributed by atoms with van der Waals surface area (Å²) >= 11 is 0. The maximum absolute atomic E-state index is 13.6. The first-order chi connectivity index (χ1) is 16.9. The van der Waals surface area contributed by atoms with Crippen LogP contribution in [0.15, 0.2) is 42.5 Å². The van der Waals surface area contributed by atoms with Gasteiger partial charge in [-0.25, -0.2) is 4.39 Å². The predicted octanol–water partition coefficient (Wildman–Crippen LogP) is 4.00. The van der Waals surface area contributed by atoms with E-state index in [-0.39, 0.29) is 17.7 Å². The summed E-state index contributed by atoms with van der Waals surface area (Å²) in [6.07, 6.45) is -1.10. The molecule has 4 N–H and O–H groups in total. The molecule has 0 aliphatic rings. The van der Waals surface area contributed by atoms with Crippen molar-refractivity contribution in [2.75, 3.05) is 20.2 Å². The van der Waals surface area contributed by atoms with E-state index in [0.29, 0.717) is 35.5 Å². The number of fused-ring (bicyclic) bond motifs is 1. The van der Waals surface area contributed by atoms with Crippen LogP contribution in [0.3, 0.4) is 0 Å². The van der Waals surface area contributed by atoms with Gasteiger partial charge < -0.3 is 29.6 Å². The molecular weight excluding hydrogens is 469 g/mol. The van der Waals surface area contributed by atoms with Gasteiger partial charge in [0.05, 0.1) is 18.4 Å². The van der Waals surface area contributed by atoms with E-state index in [1.54, 1.807) is 30.3 Å². The molecule has 0 spiro atoms. The zero-order valence-corrected chi connectivity index (χ0v) is 21.4. The van der Waals surface area contributed by atoms with Crippen LogP contribution in [0.2, 0.25) is 0 Å². The lowest BCUT2D eigenvalue weighted by Gasteiger charge is -2.24. The summed E-state index contributed by atoms with van der Waals surface area (Å²) in [5.41, 5.74) is 1.57. The number of aliphatic hydroxyl groups excluding tert-OH is 1. The number of aliphatic hydroxyl groups is 1. The van der Waals surface area contributed by atoms with Crippen LogP contribution < -0.4 is 15.4 Å². The second-order valence-electron chi connectivity index (χ2n) is 8.88.